The van der Waals surface area contributed by atoms with Gasteiger partial charge in [0.25, 0.3) is 0 Å². The molecule has 2 aromatic rings. The zero-order valence-corrected chi connectivity index (χ0v) is 9.61. The zero-order valence-electron chi connectivity index (χ0n) is 7.98. The van der Waals surface area contributed by atoms with E-state index in [9.17, 15) is 4.79 Å². The van der Waals surface area contributed by atoms with Crippen molar-refractivity contribution in [2.75, 3.05) is 6.26 Å². The Morgan fingerprint density at radius 2 is 2.40 bits per heavy atom. The third-order valence-corrected chi connectivity index (χ3v) is 3.89. The van der Waals surface area contributed by atoms with Crippen molar-refractivity contribution < 1.29 is 4.79 Å². The van der Waals surface area contributed by atoms with E-state index in [-0.39, 0.29) is 0 Å². The van der Waals surface area contributed by atoms with E-state index in [1.165, 1.54) is 23.1 Å². The number of fused-ring (bicyclic) bond motifs is 1. The molecule has 1 aromatic heterocycles. The highest BCUT2D eigenvalue weighted by Crippen LogP contribution is 2.33. The van der Waals surface area contributed by atoms with Crippen LogP contribution in [0.4, 0.5) is 0 Å². The van der Waals surface area contributed by atoms with Crippen molar-refractivity contribution in [2.24, 2.45) is 0 Å². The Balaban J connectivity index is 2.92. The molecule has 4 heteroatoms. The number of hydrogen-bond acceptors (Lipinski definition) is 4. The second-order valence-electron chi connectivity index (χ2n) is 2.94. The van der Waals surface area contributed by atoms with Gasteiger partial charge in [-0.05, 0) is 23.8 Å². The van der Waals surface area contributed by atoms with Gasteiger partial charge < -0.3 is 0 Å². The Morgan fingerprint density at radius 1 is 1.60 bits per heavy atom. The average molecular weight is 233 g/mol. The van der Waals surface area contributed by atoms with Gasteiger partial charge in [0.1, 0.15) is 6.07 Å². The fourth-order valence-electron chi connectivity index (χ4n) is 1.50. The number of carbonyl (C=O) groups excluding carboxylic acids is 1. The first-order valence-electron chi connectivity index (χ1n) is 4.25. The largest absolute Gasteiger partial charge is 0.298 e. The first kappa shape index (κ1) is 10.2. The molecule has 0 radical (unpaired) electrons. The van der Waals surface area contributed by atoms with Crippen LogP contribution in [-0.4, -0.2) is 12.5 Å². The number of hydrogen-bond donors (Lipinski definition) is 0. The van der Waals surface area contributed by atoms with E-state index in [1.54, 1.807) is 6.07 Å². The second-order valence-corrected chi connectivity index (χ2v) is 4.70. The molecular weight excluding hydrogens is 226 g/mol. The summed E-state index contributed by atoms with van der Waals surface area (Å²) in [6.45, 7) is 0. The molecule has 0 saturated heterocycles. The van der Waals surface area contributed by atoms with Crippen molar-refractivity contribution in [3.05, 3.63) is 28.6 Å². The maximum Gasteiger partial charge on any atom is 0.150 e. The van der Waals surface area contributed by atoms with Gasteiger partial charge in [0.2, 0.25) is 0 Å². The summed E-state index contributed by atoms with van der Waals surface area (Å²) in [5, 5.41) is 11.9. The standard InChI is InChI=1S/C11H7NOS2/c1-14-10-4-7(6-13)8-2-3-15-11(8)9(10)5-12/h2-4,6H,1H3. The van der Waals surface area contributed by atoms with E-state index in [0.717, 1.165) is 21.3 Å². The van der Waals surface area contributed by atoms with Crippen LogP contribution in [0.15, 0.2) is 22.4 Å². The summed E-state index contributed by atoms with van der Waals surface area (Å²) >= 11 is 3.00. The van der Waals surface area contributed by atoms with Gasteiger partial charge >= 0.3 is 0 Å². The number of nitriles is 1. The van der Waals surface area contributed by atoms with Gasteiger partial charge in [0.15, 0.2) is 6.29 Å². The summed E-state index contributed by atoms with van der Waals surface area (Å²) in [7, 11) is 0. The molecule has 0 bridgehead atoms. The number of carbonyl (C=O) groups is 1. The topological polar surface area (TPSA) is 40.9 Å². The van der Waals surface area contributed by atoms with Gasteiger partial charge in [-0.1, -0.05) is 0 Å². The van der Waals surface area contributed by atoms with Crippen molar-refractivity contribution in [1.29, 1.82) is 5.26 Å². The van der Waals surface area contributed by atoms with Crippen LogP contribution < -0.4 is 0 Å². The molecule has 0 N–H and O–H groups in total. The Labute approximate surface area is 95.5 Å². The summed E-state index contributed by atoms with van der Waals surface area (Å²) in [5.74, 6) is 0. The van der Waals surface area contributed by atoms with Gasteiger partial charge in [-0.2, -0.15) is 5.26 Å². The highest BCUT2D eigenvalue weighted by molar-refractivity contribution is 7.98. The van der Waals surface area contributed by atoms with Gasteiger partial charge in [0, 0.05) is 15.8 Å². The Bertz CT molecular complexity index is 566. The van der Waals surface area contributed by atoms with E-state index < -0.39 is 0 Å². The number of nitrogens with zero attached hydrogens (tertiary/aromatic N) is 1. The molecule has 0 aliphatic heterocycles. The molecule has 0 aliphatic carbocycles. The van der Waals surface area contributed by atoms with Crippen LogP contribution >= 0.6 is 23.1 Å². The minimum absolute atomic E-state index is 0.662. The SMILES string of the molecule is CSc1cc(C=O)c2ccsc2c1C#N. The van der Waals surface area contributed by atoms with Crippen LogP contribution in [0.1, 0.15) is 15.9 Å². The van der Waals surface area contributed by atoms with Crippen LogP contribution in [0.3, 0.4) is 0 Å². The van der Waals surface area contributed by atoms with Crippen LogP contribution in [-0.2, 0) is 0 Å². The quantitative estimate of drug-likeness (QED) is 0.590. The van der Waals surface area contributed by atoms with Crippen LogP contribution in [0.25, 0.3) is 10.1 Å². The van der Waals surface area contributed by atoms with Gasteiger partial charge in [-0.3, -0.25) is 4.79 Å². The molecule has 0 aliphatic rings. The molecule has 2 rings (SSSR count). The van der Waals surface area contributed by atoms with E-state index >= 15 is 0 Å². The Morgan fingerprint density at radius 3 is 3.00 bits per heavy atom. The number of thioether (sulfide) groups is 1. The van der Waals surface area contributed by atoms with Crippen molar-refractivity contribution in [1.82, 2.24) is 0 Å². The smallest absolute Gasteiger partial charge is 0.150 e. The number of rotatable bonds is 2. The molecule has 1 heterocycles. The molecule has 0 fully saturated rings. The Kier molecular flexibility index (Phi) is 2.76. The first-order valence-corrected chi connectivity index (χ1v) is 6.35. The predicted octanol–water partition coefficient (Wildman–Crippen LogP) is 3.31. The molecular formula is C11H7NOS2. The fraction of sp³-hybridized carbons (Fsp3) is 0.0909. The van der Waals surface area contributed by atoms with Gasteiger partial charge in [-0.25, -0.2) is 0 Å². The molecule has 1 aromatic carbocycles. The van der Waals surface area contributed by atoms with Gasteiger partial charge in [-0.15, -0.1) is 23.1 Å². The van der Waals surface area contributed by atoms with Gasteiger partial charge in [0.05, 0.1) is 10.3 Å². The normalized spacial score (nSPS) is 10.1. The lowest BCUT2D eigenvalue weighted by Crippen LogP contribution is -1.87. The van der Waals surface area contributed by atoms with E-state index in [4.69, 9.17) is 5.26 Å². The summed E-state index contributed by atoms with van der Waals surface area (Å²) in [6.07, 6.45) is 2.75. The number of benzene rings is 1. The summed E-state index contributed by atoms with van der Waals surface area (Å²) < 4.78 is 0.909. The average Bonchev–Trinajstić information content (AvgIpc) is 2.75. The lowest BCUT2D eigenvalue weighted by molar-refractivity contribution is 0.112. The minimum Gasteiger partial charge on any atom is -0.298 e. The number of aldehydes is 1. The van der Waals surface area contributed by atoms with E-state index in [0.29, 0.717) is 11.1 Å². The fourth-order valence-corrected chi connectivity index (χ4v) is 3.09. The predicted molar refractivity (Wildman–Crippen MR) is 63.7 cm³/mol. The van der Waals surface area contributed by atoms with Crippen molar-refractivity contribution >= 4 is 39.5 Å². The summed E-state index contributed by atoms with van der Waals surface area (Å²) in [6, 6.07) is 5.87. The van der Waals surface area contributed by atoms with Crippen LogP contribution in [0.2, 0.25) is 0 Å². The molecule has 0 atom stereocenters. The first-order chi connectivity index (χ1) is 7.31. The van der Waals surface area contributed by atoms with Crippen molar-refractivity contribution in [3.8, 4) is 6.07 Å². The third kappa shape index (κ3) is 1.54. The summed E-state index contributed by atoms with van der Waals surface area (Å²) in [5.41, 5.74) is 1.34. The maximum atomic E-state index is 10.9. The molecule has 15 heavy (non-hydrogen) atoms. The highest BCUT2D eigenvalue weighted by Gasteiger charge is 2.11. The zero-order chi connectivity index (χ0) is 10.8. The minimum atomic E-state index is 0.662. The molecule has 0 saturated carbocycles. The third-order valence-electron chi connectivity index (χ3n) is 2.19. The lowest BCUT2D eigenvalue weighted by Gasteiger charge is -2.03. The summed E-state index contributed by atoms with van der Waals surface area (Å²) in [4.78, 5) is 11.8. The molecule has 74 valence electrons. The molecule has 2 nitrogen and oxygen atoms in total. The molecule has 0 amide bonds. The second kappa shape index (κ2) is 4.05. The van der Waals surface area contributed by atoms with Crippen molar-refractivity contribution in [2.45, 2.75) is 4.90 Å². The highest BCUT2D eigenvalue weighted by atomic mass is 32.2. The van der Waals surface area contributed by atoms with E-state index in [2.05, 4.69) is 6.07 Å². The Hall–Kier alpha value is -1.31. The number of thiophene rings is 1. The maximum absolute atomic E-state index is 10.9. The van der Waals surface area contributed by atoms with E-state index in [1.807, 2.05) is 17.7 Å². The van der Waals surface area contributed by atoms with Crippen molar-refractivity contribution in [3.63, 3.8) is 0 Å². The lowest BCUT2D eigenvalue weighted by atomic mass is 10.1. The monoisotopic (exact) mass is 233 g/mol. The molecule has 0 spiro atoms. The van der Waals surface area contributed by atoms with Crippen LogP contribution in [0.5, 0.6) is 0 Å². The molecule has 0 unspecified atom stereocenters. The van der Waals surface area contributed by atoms with Crippen LogP contribution in [0, 0.1) is 11.3 Å².